The van der Waals surface area contributed by atoms with E-state index in [1.165, 1.54) is 0 Å². The van der Waals surface area contributed by atoms with Crippen molar-refractivity contribution in [3.63, 3.8) is 0 Å². The number of rotatable bonds is 7. The molecule has 5 nitrogen and oxygen atoms in total. The average molecular weight is 306 g/mol. The quantitative estimate of drug-likeness (QED) is 0.815. The number of likely N-dealkylation sites (tertiary alicyclic amines) is 1. The summed E-state index contributed by atoms with van der Waals surface area (Å²) in [5, 5.41) is 9.61. The molecule has 1 aliphatic rings. The van der Waals surface area contributed by atoms with E-state index in [-0.39, 0.29) is 18.4 Å². The third-order valence-corrected chi connectivity index (χ3v) is 4.34. The van der Waals surface area contributed by atoms with Crippen LogP contribution in [0, 0.1) is 11.8 Å². The number of hydrogen-bond donors (Lipinski definition) is 1. The zero-order chi connectivity index (χ0) is 15.9. The molecule has 1 aromatic rings. The maximum absolute atomic E-state index is 12.5. The highest BCUT2D eigenvalue weighted by atomic mass is 16.5. The number of likely N-dealkylation sites (N-methyl/N-ethyl adjacent to an activating group) is 1. The summed E-state index contributed by atoms with van der Waals surface area (Å²) < 4.78 is 5.09. The van der Waals surface area contributed by atoms with Crippen molar-refractivity contribution in [2.45, 2.75) is 0 Å². The summed E-state index contributed by atoms with van der Waals surface area (Å²) in [6.07, 6.45) is 0. The lowest BCUT2D eigenvalue weighted by atomic mass is 9.96. The smallest absolute Gasteiger partial charge is 0.253 e. The molecular formula is C17H26N2O3. The number of benzene rings is 1. The molecule has 0 spiro atoms. The summed E-state index contributed by atoms with van der Waals surface area (Å²) in [5.74, 6) is 0.512. The molecule has 1 heterocycles. The van der Waals surface area contributed by atoms with Gasteiger partial charge in [0.05, 0.1) is 6.61 Å². The highest BCUT2D eigenvalue weighted by molar-refractivity contribution is 5.94. The van der Waals surface area contributed by atoms with E-state index in [1.54, 1.807) is 7.11 Å². The van der Waals surface area contributed by atoms with Crippen LogP contribution in [0.5, 0.6) is 0 Å². The van der Waals surface area contributed by atoms with Gasteiger partial charge in [-0.2, -0.15) is 0 Å². The van der Waals surface area contributed by atoms with Crippen LogP contribution in [0.2, 0.25) is 0 Å². The third kappa shape index (κ3) is 4.29. The summed E-state index contributed by atoms with van der Waals surface area (Å²) in [6.45, 7) is 3.88. The standard InChI is InChI=1S/C17H26N2O3/c1-18(8-9-22-2)10-15-11-19(12-16(15)13-20)17(21)14-6-4-3-5-7-14/h3-7,15-16,20H,8-13H2,1-2H3. The summed E-state index contributed by atoms with van der Waals surface area (Å²) in [5.41, 5.74) is 0.715. The van der Waals surface area contributed by atoms with E-state index in [0.29, 0.717) is 31.2 Å². The number of nitrogens with zero attached hydrogens (tertiary/aromatic N) is 2. The number of carbonyl (C=O) groups excluding carboxylic acids is 1. The Bertz CT molecular complexity index is 466. The van der Waals surface area contributed by atoms with Crippen molar-refractivity contribution in [3.05, 3.63) is 35.9 Å². The topological polar surface area (TPSA) is 53.0 Å². The Morgan fingerprint density at radius 3 is 2.64 bits per heavy atom. The molecule has 0 saturated carbocycles. The van der Waals surface area contributed by atoms with E-state index >= 15 is 0 Å². The Morgan fingerprint density at radius 2 is 2.00 bits per heavy atom. The third-order valence-electron chi connectivity index (χ3n) is 4.34. The van der Waals surface area contributed by atoms with Crippen LogP contribution in [-0.4, -0.2) is 74.4 Å². The van der Waals surface area contributed by atoms with E-state index in [1.807, 2.05) is 35.2 Å². The van der Waals surface area contributed by atoms with Crippen LogP contribution in [0.25, 0.3) is 0 Å². The van der Waals surface area contributed by atoms with Crippen molar-refractivity contribution >= 4 is 5.91 Å². The van der Waals surface area contributed by atoms with Gasteiger partial charge in [-0.3, -0.25) is 4.79 Å². The normalized spacial score (nSPS) is 21.5. The molecule has 1 fully saturated rings. The van der Waals surface area contributed by atoms with Gasteiger partial charge in [0.15, 0.2) is 0 Å². The zero-order valence-electron chi connectivity index (χ0n) is 13.4. The van der Waals surface area contributed by atoms with Crippen LogP contribution in [0.15, 0.2) is 30.3 Å². The lowest BCUT2D eigenvalue weighted by Gasteiger charge is -2.23. The number of ether oxygens (including phenoxy) is 1. The maximum Gasteiger partial charge on any atom is 0.253 e. The van der Waals surface area contributed by atoms with Gasteiger partial charge in [0.2, 0.25) is 0 Å². The molecule has 0 radical (unpaired) electrons. The highest BCUT2D eigenvalue weighted by Crippen LogP contribution is 2.25. The van der Waals surface area contributed by atoms with Gasteiger partial charge in [-0.1, -0.05) is 18.2 Å². The molecule has 1 N–H and O–H groups in total. The zero-order valence-corrected chi connectivity index (χ0v) is 13.4. The number of aliphatic hydroxyl groups is 1. The molecule has 0 aliphatic carbocycles. The molecule has 22 heavy (non-hydrogen) atoms. The predicted molar refractivity (Wildman–Crippen MR) is 85.8 cm³/mol. The molecule has 0 aromatic heterocycles. The molecule has 1 amide bonds. The van der Waals surface area contributed by atoms with Crippen LogP contribution in [0.1, 0.15) is 10.4 Å². The van der Waals surface area contributed by atoms with Crippen LogP contribution in [0.4, 0.5) is 0 Å². The van der Waals surface area contributed by atoms with E-state index in [2.05, 4.69) is 11.9 Å². The Balaban J connectivity index is 1.95. The van der Waals surface area contributed by atoms with Crippen molar-refractivity contribution < 1.29 is 14.6 Å². The molecular weight excluding hydrogens is 280 g/mol. The molecule has 0 bridgehead atoms. The fraction of sp³-hybridized carbons (Fsp3) is 0.588. The van der Waals surface area contributed by atoms with Crippen LogP contribution < -0.4 is 0 Å². The van der Waals surface area contributed by atoms with Gasteiger partial charge in [0.25, 0.3) is 5.91 Å². The van der Waals surface area contributed by atoms with Crippen LogP contribution in [-0.2, 0) is 4.74 Å². The van der Waals surface area contributed by atoms with Gasteiger partial charge in [-0.15, -0.1) is 0 Å². The van der Waals surface area contributed by atoms with Gasteiger partial charge >= 0.3 is 0 Å². The fourth-order valence-corrected chi connectivity index (χ4v) is 3.02. The monoisotopic (exact) mass is 306 g/mol. The van der Waals surface area contributed by atoms with E-state index in [0.717, 1.165) is 13.1 Å². The van der Waals surface area contributed by atoms with Crippen molar-refractivity contribution in [2.75, 3.05) is 53.6 Å². The minimum absolute atomic E-state index is 0.0566. The Labute approximate surface area is 132 Å². The molecule has 2 rings (SSSR count). The first kappa shape index (κ1) is 16.9. The second kappa shape index (κ2) is 8.27. The lowest BCUT2D eigenvalue weighted by Crippen LogP contribution is -2.33. The van der Waals surface area contributed by atoms with Crippen molar-refractivity contribution in [3.8, 4) is 0 Å². The van der Waals surface area contributed by atoms with Gasteiger partial charge in [0.1, 0.15) is 0 Å². The molecule has 2 unspecified atom stereocenters. The summed E-state index contributed by atoms with van der Waals surface area (Å²) in [6, 6.07) is 9.35. The van der Waals surface area contributed by atoms with Gasteiger partial charge in [-0.05, 0) is 25.1 Å². The van der Waals surface area contributed by atoms with E-state index in [9.17, 15) is 9.90 Å². The second-order valence-corrected chi connectivity index (χ2v) is 6.03. The predicted octanol–water partition coefficient (Wildman–Crippen LogP) is 0.945. The van der Waals surface area contributed by atoms with E-state index in [4.69, 9.17) is 4.74 Å². The molecule has 1 aromatic carbocycles. The van der Waals surface area contributed by atoms with Gasteiger partial charge < -0.3 is 19.6 Å². The molecule has 1 saturated heterocycles. The van der Waals surface area contributed by atoms with Crippen LogP contribution in [0.3, 0.4) is 0 Å². The first-order valence-corrected chi connectivity index (χ1v) is 7.78. The SMILES string of the molecule is COCCN(C)CC1CN(C(=O)c2ccccc2)CC1CO. The van der Waals surface area contributed by atoms with Crippen molar-refractivity contribution in [2.24, 2.45) is 11.8 Å². The number of amides is 1. The number of aliphatic hydroxyl groups excluding tert-OH is 1. The minimum Gasteiger partial charge on any atom is -0.396 e. The first-order valence-electron chi connectivity index (χ1n) is 7.78. The maximum atomic E-state index is 12.5. The second-order valence-electron chi connectivity index (χ2n) is 6.03. The molecule has 1 aliphatic heterocycles. The van der Waals surface area contributed by atoms with Gasteiger partial charge in [0, 0.05) is 51.4 Å². The van der Waals surface area contributed by atoms with E-state index < -0.39 is 0 Å². The van der Waals surface area contributed by atoms with Crippen LogP contribution >= 0.6 is 0 Å². The molecule has 122 valence electrons. The molecule has 2 atom stereocenters. The number of hydrogen-bond acceptors (Lipinski definition) is 4. The minimum atomic E-state index is 0.0566. The highest BCUT2D eigenvalue weighted by Gasteiger charge is 2.35. The Morgan fingerprint density at radius 1 is 1.32 bits per heavy atom. The number of methoxy groups -OCH3 is 1. The largest absolute Gasteiger partial charge is 0.396 e. The summed E-state index contributed by atoms with van der Waals surface area (Å²) in [7, 11) is 3.75. The first-order chi connectivity index (χ1) is 10.7. The molecule has 5 heteroatoms. The van der Waals surface area contributed by atoms with Crippen molar-refractivity contribution in [1.82, 2.24) is 9.80 Å². The number of carbonyl (C=O) groups is 1. The Hall–Kier alpha value is -1.43. The fourth-order valence-electron chi connectivity index (χ4n) is 3.02. The summed E-state index contributed by atoms with van der Waals surface area (Å²) >= 11 is 0. The average Bonchev–Trinajstić information content (AvgIpc) is 2.95. The van der Waals surface area contributed by atoms with Crippen molar-refractivity contribution in [1.29, 1.82) is 0 Å². The summed E-state index contributed by atoms with van der Waals surface area (Å²) in [4.78, 5) is 16.6. The Kier molecular flexibility index (Phi) is 6.36. The lowest BCUT2D eigenvalue weighted by molar-refractivity contribution is 0.0778. The van der Waals surface area contributed by atoms with Gasteiger partial charge in [-0.25, -0.2) is 0 Å².